The molecule has 1 aromatic heterocycles. The van der Waals surface area contributed by atoms with E-state index in [-0.39, 0.29) is 5.41 Å². The molecule has 2 heteroatoms. The first-order valence-corrected chi connectivity index (χ1v) is 6.12. The maximum absolute atomic E-state index is 10.3. The van der Waals surface area contributed by atoms with E-state index in [1.807, 2.05) is 18.2 Å². The van der Waals surface area contributed by atoms with Gasteiger partial charge < -0.3 is 9.52 Å². The summed E-state index contributed by atoms with van der Waals surface area (Å²) in [6.45, 7) is 8.24. The van der Waals surface area contributed by atoms with E-state index in [4.69, 9.17) is 4.42 Å². The zero-order chi connectivity index (χ0) is 12.6. The molecule has 2 aromatic rings. The summed E-state index contributed by atoms with van der Waals surface area (Å²) in [5, 5.41) is 11.4. The van der Waals surface area contributed by atoms with Gasteiger partial charge in [-0.15, -0.1) is 0 Å². The first kappa shape index (κ1) is 12.2. The first-order valence-electron chi connectivity index (χ1n) is 6.12. The SMILES string of the molecule is CCC(C)(C)C(O)c1cc2cc(C)ccc2o1. The van der Waals surface area contributed by atoms with Crippen LogP contribution in [-0.4, -0.2) is 5.11 Å². The maximum Gasteiger partial charge on any atom is 0.134 e. The highest BCUT2D eigenvalue weighted by molar-refractivity contribution is 5.78. The normalized spacial score (nSPS) is 14.2. The molecule has 17 heavy (non-hydrogen) atoms. The second-order valence-corrected chi connectivity index (χ2v) is 5.43. The summed E-state index contributed by atoms with van der Waals surface area (Å²) in [4.78, 5) is 0. The molecule has 0 fully saturated rings. The summed E-state index contributed by atoms with van der Waals surface area (Å²) in [5.74, 6) is 0.664. The lowest BCUT2D eigenvalue weighted by molar-refractivity contribution is 0.0300. The number of rotatable bonds is 3. The van der Waals surface area contributed by atoms with Gasteiger partial charge in [-0.2, -0.15) is 0 Å². The molecule has 0 bridgehead atoms. The van der Waals surface area contributed by atoms with Crippen LogP contribution in [-0.2, 0) is 0 Å². The zero-order valence-electron chi connectivity index (χ0n) is 10.9. The smallest absolute Gasteiger partial charge is 0.134 e. The van der Waals surface area contributed by atoms with Crippen LogP contribution in [0, 0.1) is 12.3 Å². The minimum atomic E-state index is -0.555. The predicted molar refractivity (Wildman–Crippen MR) is 70.0 cm³/mol. The average Bonchev–Trinajstić information content (AvgIpc) is 2.70. The molecule has 1 atom stereocenters. The van der Waals surface area contributed by atoms with Crippen LogP contribution >= 0.6 is 0 Å². The number of aryl methyl sites for hydroxylation is 1. The number of benzene rings is 1. The molecule has 0 saturated carbocycles. The predicted octanol–water partition coefficient (Wildman–Crippen LogP) is 4.21. The van der Waals surface area contributed by atoms with Gasteiger partial charge in [-0.3, -0.25) is 0 Å². The topological polar surface area (TPSA) is 33.4 Å². The van der Waals surface area contributed by atoms with Crippen molar-refractivity contribution in [2.24, 2.45) is 5.41 Å². The molecule has 92 valence electrons. The highest BCUT2D eigenvalue weighted by atomic mass is 16.4. The molecule has 0 amide bonds. The standard InChI is InChI=1S/C15H20O2/c1-5-15(3,4)14(16)13-9-11-8-10(2)6-7-12(11)17-13/h6-9,14,16H,5H2,1-4H3. The Bertz CT molecular complexity index is 523. The first-order chi connectivity index (χ1) is 7.94. The highest BCUT2D eigenvalue weighted by Crippen LogP contribution is 2.38. The van der Waals surface area contributed by atoms with Crippen molar-refractivity contribution in [3.63, 3.8) is 0 Å². The maximum atomic E-state index is 10.3. The molecular formula is C15H20O2. The highest BCUT2D eigenvalue weighted by Gasteiger charge is 2.29. The minimum absolute atomic E-state index is 0.164. The van der Waals surface area contributed by atoms with Gasteiger partial charge in [0.15, 0.2) is 0 Å². The molecular weight excluding hydrogens is 212 g/mol. The van der Waals surface area contributed by atoms with Crippen LogP contribution in [0.15, 0.2) is 28.7 Å². The van der Waals surface area contributed by atoms with Crippen molar-refractivity contribution in [1.29, 1.82) is 0 Å². The summed E-state index contributed by atoms with van der Waals surface area (Å²) in [6, 6.07) is 8.01. The van der Waals surface area contributed by atoms with E-state index in [1.54, 1.807) is 0 Å². The van der Waals surface area contributed by atoms with Crippen molar-refractivity contribution < 1.29 is 9.52 Å². The van der Waals surface area contributed by atoms with E-state index in [2.05, 4.69) is 33.8 Å². The van der Waals surface area contributed by atoms with Crippen molar-refractivity contribution in [3.05, 3.63) is 35.6 Å². The van der Waals surface area contributed by atoms with Gasteiger partial charge in [0, 0.05) is 5.39 Å². The molecule has 1 unspecified atom stereocenters. The van der Waals surface area contributed by atoms with Crippen LogP contribution in [0.3, 0.4) is 0 Å². The Morgan fingerprint density at radius 2 is 2.00 bits per heavy atom. The largest absolute Gasteiger partial charge is 0.458 e. The van der Waals surface area contributed by atoms with Gasteiger partial charge in [-0.1, -0.05) is 32.4 Å². The van der Waals surface area contributed by atoms with Crippen LogP contribution in [0.1, 0.15) is 44.6 Å². The summed E-state index contributed by atoms with van der Waals surface area (Å²) in [5.41, 5.74) is 1.88. The average molecular weight is 232 g/mol. The van der Waals surface area contributed by atoms with Crippen molar-refractivity contribution in [1.82, 2.24) is 0 Å². The van der Waals surface area contributed by atoms with Crippen molar-refractivity contribution in [3.8, 4) is 0 Å². The van der Waals surface area contributed by atoms with E-state index in [0.717, 1.165) is 17.4 Å². The van der Waals surface area contributed by atoms with Gasteiger partial charge in [0.1, 0.15) is 17.4 Å². The number of hydrogen-bond donors (Lipinski definition) is 1. The number of furan rings is 1. The molecule has 1 aromatic carbocycles. The number of aliphatic hydroxyl groups excluding tert-OH is 1. The van der Waals surface area contributed by atoms with Crippen LogP contribution in [0.25, 0.3) is 11.0 Å². The van der Waals surface area contributed by atoms with E-state index in [0.29, 0.717) is 5.76 Å². The van der Waals surface area contributed by atoms with Gasteiger partial charge in [0.05, 0.1) is 0 Å². The van der Waals surface area contributed by atoms with Gasteiger partial charge in [0.25, 0.3) is 0 Å². The van der Waals surface area contributed by atoms with Crippen LogP contribution in [0.2, 0.25) is 0 Å². The molecule has 0 saturated heterocycles. The third kappa shape index (κ3) is 2.22. The van der Waals surface area contributed by atoms with Gasteiger partial charge in [0.2, 0.25) is 0 Å². The van der Waals surface area contributed by atoms with Crippen LogP contribution in [0.5, 0.6) is 0 Å². The van der Waals surface area contributed by atoms with Crippen LogP contribution < -0.4 is 0 Å². The molecule has 2 rings (SSSR count). The molecule has 0 aliphatic rings. The summed E-state index contributed by atoms with van der Waals surface area (Å²) >= 11 is 0. The Kier molecular flexibility index (Phi) is 3.00. The molecule has 1 heterocycles. The Morgan fingerprint density at radius 3 is 2.65 bits per heavy atom. The molecule has 0 spiro atoms. The summed E-state index contributed by atoms with van der Waals surface area (Å²) < 4.78 is 5.72. The Balaban J connectivity index is 2.43. The van der Waals surface area contributed by atoms with E-state index in [1.165, 1.54) is 5.56 Å². The Morgan fingerprint density at radius 1 is 1.29 bits per heavy atom. The van der Waals surface area contributed by atoms with E-state index < -0.39 is 6.10 Å². The molecule has 2 nitrogen and oxygen atoms in total. The fraction of sp³-hybridized carbons (Fsp3) is 0.467. The lowest BCUT2D eigenvalue weighted by atomic mass is 9.83. The third-order valence-corrected chi connectivity index (χ3v) is 3.61. The molecule has 0 aliphatic carbocycles. The zero-order valence-corrected chi connectivity index (χ0v) is 10.9. The van der Waals surface area contributed by atoms with Crippen molar-refractivity contribution in [2.45, 2.75) is 40.2 Å². The van der Waals surface area contributed by atoms with Gasteiger partial charge >= 0.3 is 0 Å². The van der Waals surface area contributed by atoms with Crippen molar-refractivity contribution >= 4 is 11.0 Å². The number of fused-ring (bicyclic) bond motifs is 1. The fourth-order valence-electron chi connectivity index (χ4n) is 1.90. The second kappa shape index (κ2) is 4.19. The van der Waals surface area contributed by atoms with Crippen molar-refractivity contribution in [2.75, 3.05) is 0 Å². The van der Waals surface area contributed by atoms with Gasteiger partial charge in [-0.05, 0) is 37.0 Å². The Hall–Kier alpha value is -1.28. The molecule has 0 radical (unpaired) electrons. The second-order valence-electron chi connectivity index (χ2n) is 5.43. The van der Waals surface area contributed by atoms with E-state index >= 15 is 0 Å². The monoisotopic (exact) mass is 232 g/mol. The summed E-state index contributed by atoms with van der Waals surface area (Å²) in [7, 11) is 0. The molecule has 1 N–H and O–H groups in total. The quantitative estimate of drug-likeness (QED) is 0.859. The summed E-state index contributed by atoms with van der Waals surface area (Å²) in [6.07, 6.45) is 0.352. The lowest BCUT2D eigenvalue weighted by Gasteiger charge is -2.27. The minimum Gasteiger partial charge on any atom is -0.458 e. The number of hydrogen-bond acceptors (Lipinski definition) is 2. The third-order valence-electron chi connectivity index (χ3n) is 3.61. The van der Waals surface area contributed by atoms with Crippen LogP contribution in [0.4, 0.5) is 0 Å². The van der Waals surface area contributed by atoms with Gasteiger partial charge in [-0.25, -0.2) is 0 Å². The molecule has 0 aliphatic heterocycles. The fourth-order valence-corrected chi connectivity index (χ4v) is 1.90. The Labute approximate surface area is 102 Å². The number of aliphatic hydroxyl groups is 1. The van der Waals surface area contributed by atoms with E-state index in [9.17, 15) is 5.11 Å². The lowest BCUT2D eigenvalue weighted by Crippen LogP contribution is -2.20.